The van der Waals surface area contributed by atoms with Gasteiger partial charge >= 0.3 is 0 Å². The van der Waals surface area contributed by atoms with Crippen LogP contribution in [0, 0.1) is 12.7 Å². The summed E-state index contributed by atoms with van der Waals surface area (Å²) in [4.78, 5) is 23.7. The molecule has 2 aromatic carbocycles. The lowest BCUT2D eigenvalue weighted by Crippen LogP contribution is -2.33. The highest BCUT2D eigenvalue weighted by Gasteiger charge is 2.18. The number of aromatic nitrogens is 2. The van der Waals surface area contributed by atoms with Crippen molar-refractivity contribution in [2.24, 2.45) is 0 Å². The van der Waals surface area contributed by atoms with Crippen LogP contribution in [0.25, 0.3) is 0 Å². The summed E-state index contributed by atoms with van der Waals surface area (Å²) in [6.45, 7) is 6.69. The lowest BCUT2D eigenvalue weighted by Gasteiger charge is -2.27. The first-order valence-corrected chi connectivity index (χ1v) is 9.62. The third-order valence-electron chi connectivity index (χ3n) is 4.55. The Morgan fingerprint density at radius 2 is 1.76 bits per heavy atom. The molecular weight excluding hydrogens is 367 g/mol. The maximum Gasteiger partial charge on any atom is 0.270 e. The number of halogens is 1. The molecule has 0 fully saturated rings. The molecule has 3 rings (SSSR count). The zero-order valence-corrected chi connectivity index (χ0v) is 16.9. The van der Waals surface area contributed by atoms with E-state index in [1.165, 1.54) is 6.07 Å². The predicted octanol–water partition coefficient (Wildman–Crippen LogP) is 4.27. The van der Waals surface area contributed by atoms with Crippen LogP contribution in [0.5, 0.6) is 0 Å². The van der Waals surface area contributed by atoms with Gasteiger partial charge in [-0.25, -0.2) is 14.4 Å². The maximum atomic E-state index is 13.8. The van der Waals surface area contributed by atoms with E-state index in [9.17, 15) is 9.18 Å². The maximum absolute atomic E-state index is 13.8. The molecule has 29 heavy (non-hydrogen) atoms. The number of hydrogen-bond acceptors (Lipinski definition) is 4. The van der Waals surface area contributed by atoms with E-state index in [1.54, 1.807) is 24.3 Å². The molecule has 1 aromatic heterocycles. The lowest BCUT2D eigenvalue weighted by molar-refractivity contribution is 0.0945. The molecule has 0 aliphatic carbocycles. The van der Waals surface area contributed by atoms with Crippen LogP contribution in [0.2, 0.25) is 0 Å². The van der Waals surface area contributed by atoms with Gasteiger partial charge in [0.05, 0.1) is 0 Å². The summed E-state index contributed by atoms with van der Waals surface area (Å²) in [6, 6.07) is 18.2. The number of aryl methyl sites for hydroxylation is 1. The number of nitrogens with zero attached hydrogens (tertiary/aromatic N) is 3. The second kappa shape index (κ2) is 9.28. The monoisotopic (exact) mass is 392 g/mol. The SMILES string of the molecule is Cc1cc(C(=O)NCc2ccccc2F)nc(N(Cc2ccccc2)C(C)C)n1. The van der Waals surface area contributed by atoms with E-state index in [2.05, 4.69) is 34.0 Å². The first-order chi connectivity index (χ1) is 13.9. The smallest absolute Gasteiger partial charge is 0.270 e. The molecule has 150 valence electrons. The van der Waals surface area contributed by atoms with E-state index < -0.39 is 0 Å². The van der Waals surface area contributed by atoms with Crippen LogP contribution in [0.3, 0.4) is 0 Å². The van der Waals surface area contributed by atoms with Crippen molar-refractivity contribution in [1.29, 1.82) is 0 Å². The molecule has 0 spiro atoms. The zero-order chi connectivity index (χ0) is 20.8. The standard InChI is InChI=1S/C23H25FN4O/c1-16(2)28(15-18-9-5-4-6-10-18)23-26-17(3)13-21(27-23)22(29)25-14-19-11-7-8-12-20(19)24/h4-13,16H,14-15H2,1-3H3,(H,25,29). The average molecular weight is 392 g/mol. The summed E-state index contributed by atoms with van der Waals surface area (Å²) in [6.07, 6.45) is 0. The fourth-order valence-electron chi connectivity index (χ4n) is 2.97. The summed E-state index contributed by atoms with van der Waals surface area (Å²) >= 11 is 0. The fraction of sp³-hybridized carbons (Fsp3) is 0.261. The van der Waals surface area contributed by atoms with Gasteiger partial charge in [0.15, 0.2) is 0 Å². The van der Waals surface area contributed by atoms with Gasteiger partial charge < -0.3 is 10.2 Å². The molecule has 0 bridgehead atoms. The van der Waals surface area contributed by atoms with Gasteiger partial charge in [0.2, 0.25) is 5.95 Å². The predicted molar refractivity (Wildman–Crippen MR) is 112 cm³/mol. The number of rotatable bonds is 7. The van der Waals surface area contributed by atoms with Crippen LogP contribution in [0.1, 0.15) is 41.2 Å². The minimum absolute atomic E-state index is 0.0990. The summed E-state index contributed by atoms with van der Waals surface area (Å²) in [5, 5.41) is 2.74. The van der Waals surface area contributed by atoms with E-state index >= 15 is 0 Å². The topological polar surface area (TPSA) is 58.1 Å². The van der Waals surface area contributed by atoms with Crippen LogP contribution < -0.4 is 10.2 Å². The Labute approximate surface area is 170 Å². The highest BCUT2D eigenvalue weighted by Crippen LogP contribution is 2.17. The summed E-state index contributed by atoms with van der Waals surface area (Å²) in [5.41, 5.74) is 2.53. The minimum Gasteiger partial charge on any atom is -0.347 e. The van der Waals surface area contributed by atoms with Gasteiger partial charge in [-0.2, -0.15) is 0 Å². The Kier molecular flexibility index (Phi) is 6.54. The fourth-order valence-corrected chi connectivity index (χ4v) is 2.97. The van der Waals surface area contributed by atoms with Crippen molar-refractivity contribution in [3.8, 4) is 0 Å². The molecule has 0 saturated heterocycles. The van der Waals surface area contributed by atoms with Gasteiger partial charge in [0.1, 0.15) is 11.5 Å². The van der Waals surface area contributed by atoms with Gasteiger partial charge in [-0.15, -0.1) is 0 Å². The van der Waals surface area contributed by atoms with Crippen molar-refractivity contribution >= 4 is 11.9 Å². The van der Waals surface area contributed by atoms with E-state index in [4.69, 9.17) is 0 Å². The van der Waals surface area contributed by atoms with Gasteiger partial charge in [-0.05, 0) is 38.5 Å². The molecule has 1 amide bonds. The second-order valence-electron chi connectivity index (χ2n) is 7.18. The zero-order valence-electron chi connectivity index (χ0n) is 16.9. The molecule has 1 N–H and O–H groups in total. The van der Waals surface area contributed by atoms with Crippen molar-refractivity contribution in [1.82, 2.24) is 15.3 Å². The molecule has 1 heterocycles. The minimum atomic E-state index is -0.358. The van der Waals surface area contributed by atoms with E-state index in [0.29, 0.717) is 23.8 Å². The van der Waals surface area contributed by atoms with Crippen LogP contribution in [-0.2, 0) is 13.1 Å². The number of carbonyl (C=O) groups excluding carboxylic acids is 1. The van der Waals surface area contributed by atoms with E-state index in [1.807, 2.05) is 37.3 Å². The van der Waals surface area contributed by atoms with Crippen LogP contribution in [0.4, 0.5) is 10.3 Å². The van der Waals surface area contributed by atoms with Crippen molar-refractivity contribution in [2.45, 2.75) is 39.9 Å². The molecule has 0 aliphatic heterocycles. The Morgan fingerprint density at radius 3 is 2.45 bits per heavy atom. The van der Waals surface area contributed by atoms with Gasteiger partial charge in [-0.3, -0.25) is 4.79 Å². The van der Waals surface area contributed by atoms with Crippen molar-refractivity contribution < 1.29 is 9.18 Å². The Hall–Kier alpha value is -3.28. The first kappa shape index (κ1) is 20.5. The lowest BCUT2D eigenvalue weighted by atomic mass is 10.2. The molecule has 0 saturated carbocycles. The van der Waals surface area contributed by atoms with Crippen LogP contribution >= 0.6 is 0 Å². The van der Waals surface area contributed by atoms with Crippen molar-refractivity contribution in [2.75, 3.05) is 4.90 Å². The molecule has 0 atom stereocenters. The largest absolute Gasteiger partial charge is 0.347 e. The molecule has 0 aliphatic rings. The molecule has 6 heteroatoms. The second-order valence-corrected chi connectivity index (χ2v) is 7.18. The molecule has 0 radical (unpaired) electrons. The first-order valence-electron chi connectivity index (χ1n) is 9.62. The Bertz CT molecular complexity index is 976. The quantitative estimate of drug-likeness (QED) is 0.652. The highest BCUT2D eigenvalue weighted by atomic mass is 19.1. The molecule has 0 unspecified atom stereocenters. The van der Waals surface area contributed by atoms with Gasteiger partial charge in [0, 0.05) is 30.4 Å². The third kappa shape index (κ3) is 5.38. The number of carbonyl (C=O) groups is 1. The summed E-state index contributed by atoms with van der Waals surface area (Å²) in [7, 11) is 0. The van der Waals surface area contributed by atoms with E-state index in [0.717, 1.165) is 5.56 Å². The van der Waals surface area contributed by atoms with E-state index in [-0.39, 0.29) is 30.0 Å². The number of anilines is 1. The summed E-state index contributed by atoms with van der Waals surface area (Å²) in [5.74, 6) is -0.204. The van der Waals surface area contributed by atoms with Gasteiger partial charge in [0.25, 0.3) is 5.91 Å². The van der Waals surface area contributed by atoms with Crippen molar-refractivity contribution in [3.63, 3.8) is 0 Å². The number of benzene rings is 2. The molecule has 5 nitrogen and oxygen atoms in total. The van der Waals surface area contributed by atoms with Crippen molar-refractivity contribution in [3.05, 3.63) is 89.0 Å². The Balaban J connectivity index is 1.80. The number of nitrogens with one attached hydrogen (secondary N) is 1. The van der Waals surface area contributed by atoms with Gasteiger partial charge in [-0.1, -0.05) is 48.5 Å². The average Bonchev–Trinajstić information content (AvgIpc) is 2.71. The highest BCUT2D eigenvalue weighted by molar-refractivity contribution is 5.92. The third-order valence-corrected chi connectivity index (χ3v) is 4.55. The molecular formula is C23H25FN4O. The number of hydrogen-bond donors (Lipinski definition) is 1. The normalized spacial score (nSPS) is 10.8. The molecule has 3 aromatic rings. The number of amides is 1. The Morgan fingerprint density at radius 1 is 1.07 bits per heavy atom. The van der Waals surface area contributed by atoms with Crippen LogP contribution in [0.15, 0.2) is 60.7 Å². The van der Waals surface area contributed by atoms with Crippen LogP contribution in [-0.4, -0.2) is 21.9 Å². The summed E-state index contributed by atoms with van der Waals surface area (Å²) < 4.78 is 13.8.